The molecule has 6 nitrogen and oxygen atoms in total. The lowest BCUT2D eigenvalue weighted by Gasteiger charge is -2.20. The third kappa shape index (κ3) is 59.7. The van der Waals surface area contributed by atoms with Gasteiger partial charge in [0.15, 0.2) is 0 Å². The summed E-state index contributed by atoms with van der Waals surface area (Å²) in [6.07, 6.45) is 77.1. The number of hydrogen-bond donors (Lipinski definition) is 3. The molecule has 0 saturated carbocycles. The number of aliphatic hydroxyl groups is 2. The maximum atomic E-state index is 12.5. The Morgan fingerprint density at radius 1 is 0.370 bits per heavy atom. The van der Waals surface area contributed by atoms with Crippen molar-refractivity contribution >= 4 is 11.9 Å². The first-order valence-electron chi connectivity index (χ1n) is 33.5. The van der Waals surface area contributed by atoms with Crippen LogP contribution in [0.3, 0.4) is 0 Å². The van der Waals surface area contributed by atoms with Crippen LogP contribution in [0.15, 0.2) is 12.2 Å². The monoisotopic (exact) mass is 1030 g/mol. The number of carbonyl (C=O) groups is 2. The average Bonchev–Trinajstić information content (AvgIpc) is 3.39. The first-order chi connectivity index (χ1) is 36.0. The molecule has 6 heteroatoms. The Morgan fingerprint density at radius 2 is 0.630 bits per heavy atom. The fourth-order valence-corrected chi connectivity index (χ4v) is 10.7. The van der Waals surface area contributed by atoms with E-state index in [1.54, 1.807) is 6.08 Å². The van der Waals surface area contributed by atoms with Crippen LogP contribution < -0.4 is 5.32 Å². The maximum Gasteiger partial charge on any atom is 0.305 e. The van der Waals surface area contributed by atoms with Crippen LogP contribution >= 0.6 is 0 Å². The summed E-state index contributed by atoms with van der Waals surface area (Å²) in [5.74, 6) is -0.0413. The van der Waals surface area contributed by atoms with E-state index in [1.807, 2.05) is 6.08 Å². The van der Waals surface area contributed by atoms with Crippen molar-refractivity contribution < 1.29 is 24.5 Å². The topological polar surface area (TPSA) is 95.9 Å². The number of hydrogen-bond acceptors (Lipinski definition) is 5. The average molecular weight is 1030 g/mol. The van der Waals surface area contributed by atoms with Gasteiger partial charge in [0.05, 0.1) is 25.4 Å². The molecule has 0 aliphatic rings. The molecule has 0 aliphatic heterocycles. The van der Waals surface area contributed by atoms with Gasteiger partial charge in [0.25, 0.3) is 0 Å². The molecule has 0 fully saturated rings. The molecule has 2 atom stereocenters. The minimum absolute atomic E-state index is 0.0205. The second kappa shape index (κ2) is 63.1. The fourth-order valence-electron chi connectivity index (χ4n) is 10.7. The first-order valence-corrected chi connectivity index (χ1v) is 33.5. The van der Waals surface area contributed by atoms with Gasteiger partial charge in [-0.15, -0.1) is 0 Å². The van der Waals surface area contributed by atoms with Crippen LogP contribution in [0.4, 0.5) is 0 Å². The summed E-state index contributed by atoms with van der Waals surface area (Å²) in [4.78, 5) is 24.5. The van der Waals surface area contributed by atoms with Crippen molar-refractivity contribution in [2.45, 2.75) is 392 Å². The van der Waals surface area contributed by atoms with Gasteiger partial charge in [-0.3, -0.25) is 9.59 Å². The van der Waals surface area contributed by atoms with Crippen LogP contribution in [-0.4, -0.2) is 47.4 Å². The largest absolute Gasteiger partial charge is 0.466 e. The maximum absolute atomic E-state index is 12.5. The molecule has 0 heterocycles. The van der Waals surface area contributed by atoms with Crippen LogP contribution in [0.1, 0.15) is 380 Å². The van der Waals surface area contributed by atoms with E-state index < -0.39 is 12.1 Å². The molecule has 2 unspecified atom stereocenters. The van der Waals surface area contributed by atoms with Crippen LogP contribution in [0.25, 0.3) is 0 Å². The fraction of sp³-hybridized carbons (Fsp3) is 0.940. The zero-order chi connectivity index (χ0) is 52.9. The lowest BCUT2D eigenvalue weighted by Crippen LogP contribution is -2.45. The second-order valence-electron chi connectivity index (χ2n) is 23.2. The van der Waals surface area contributed by atoms with Crippen LogP contribution in [-0.2, 0) is 14.3 Å². The zero-order valence-electron chi connectivity index (χ0n) is 49.6. The van der Waals surface area contributed by atoms with Crippen molar-refractivity contribution in [2.24, 2.45) is 0 Å². The zero-order valence-corrected chi connectivity index (χ0v) is 49.6. The lowest BCUT2D eigenvalue weighted by atomic mass is 10.0. The Bertz CT molecular complexity index is 1100. The van der Waals surface area contributed by atoms with Gasteiger partial charge in [-0.2, -0.15) is 0 Å². The van der Waals surface area contributed by atoms with Crippen molar-refractivity contribution in [1.29, 1.82) is 0 Å². The van der Waals surface area contributed by atoms with E-state index in [0.29, 0.717) is 19.4 Å². The van der Waals surface area contributed by atoms with E-state index in [4.69, 9.17) is 4.74 Å². The Balaban J connectivity index is 3.34. The molecule has 0 aromatic carbocycles. The molecule has 0 spiro atoms. The van der Waals surface area contributed by atoms with Gasteiger partial charge in [-0.25, -0.2) is 0 Å². The summed E-state index contributed by atoms with van der Waals surface area (Å²) >= 11 is 0. The minimum Gasteiger partial charge on any atom is -0.466 e. The minimum atomic E-state index is -0.841. The summed E-state index contributed by atoms with van der Waals surface area (Å²) in [6.45, 7) is 4.94. The molecule has 0 radical (unpaired) electrons. The molecule has 0 saturated heterocycles. The van der Waals surface area contributed by atoms with Gasteiger partial charge in [0.1, 0.15) is 0 Å². The van der Waals surface area contributed by atoms with E-state index in [9.17, 15) is 19.8 Å². The summed E-state index contributed by atoms with van der Waals surface area (Å²) in [6, 6.07) is -0.624. The van der Waals surface area contributed by atoms with Crippen LogP contribution in [0.5, 0.6) is 0 Å². The number of amides is 1. The summed E-state index contributed by atoms with van der Waals surface area (Å²) in [7, 11) is 0. The lowest BCUT2D eigenvalue weighted by molar-refractivity contribution is -0.143. The van der Waals surface area contributed by atoms with E-state index in [0.717, 1.165) is 38.5 Å². The Hall–Kier alpha value is -1.40. The molecule has 0 rings (SSSR count). The predicted molar refractivity (Wildman–Crippen MR) is 320 cm³/mol. The number of rotatable bonds is 63. The number of esters is 1. The second-order valence-corrected chi connectivity index (χ2v) is 23.2. The van der Waals surface area contributed by atoms with E-state index >= 15 is 0 Å². The number of ether oxygens (including phenoxy) is 1. The Labute approximate surface area is 457 Å². The molecular weight excluding hydrogens is 899 g/mol. The molecular formula is C67H131NO5. The highest BCUT2D eigenvalue weighted by Gasteiger charge is 2.18. The number of unbranched alkanes of at least 4 members (excludes halogenated alkanes) is 52. The summed E-state index contributed by atoms with van der Waals surface area (Å²) < 4.78 is 5.48. The van der Waals surface area contributed by atoms with Gasteiger partial charge >= 0.3 is 5.97 Å². The van der Waals surface area contributed by atoms with E-state index in [2.05, 4.69) is 19.2 Å². The summed E-state index contributed by atoms with van der Waals surface area (Å²) in [5.41, 5.74) is 0. The highest BCUT2D eigenvalue weighted by atomic mass is 16.5. The van der Waals surface area contributed by atoms with Gasteiger partial charge in [0, 0.05) is 12.8 Å². The predicted octanol–water partition coefficient (Wildman–Crippen LogP) is 21.2. The van der Waals surface area contributed by atoms with Crippen molar-refractivity contribution in [3.05, 3.63) is 12.2 Å². The van der Waals surface area contributed by atoms with Crippen molar-refractivity contribution in [3.8, 4) is 0 Å². The number of nitrogens with one attached hydrogen (secondary N) is 1. The van der Waals surface area contributed by atoms with E-state index in [1.165, 1.54) is 315 Å². The molecule has 0 aromatic rings. The third-order valence-corrected chi connectivity index (χ3v) is 15.8. The van der Waals surface area contributed by atoms with Crippen molar-refractivity contribution in [1.82, 2.24) is 5.32 Å². The smallest absolute Gasteiger partial charge is 0.305 e. The van der Waals surface area contributed by atoms with Crippen molar-refractivity contribution in [2.75, 3.05) is 13.2 Å². The highest BCUT2D eigenvalue weighted by Crippen LogP contribution is 2.19. The van der Waals surface area contributed by atoms with Crippen LogP contribution in [0, 0.1) is 0 Å². The van der Waals surface area contributed by atoms with Crippen LogP contribution in [0.2, 0.25) is 0 Å². The normalized spacial score (nSPS) is 12.5. The van der Waals surface area contributed by atoms with E-state index in [-0.39, 0.29) is 18.5 Å². The molecule has 434 valence electrons. The van der Waals surface area contributed by atoms with Gasteiger partial charge < -0.3 is 20.3 Å². The first kappa shape index (κ1) is 71.6. The molecule has 0 aliphatic carbocycles. The molecule has 0 bridgehead atoms. The SMILES string of the molecule is CCCCCCCCCCCCCCC/C=C/C(O)C(CO)NC(=O)CCCCCCCCCCCCCCCCCCCCCCCCCCCCCCCOC(=O)CCCCCCCCCCCCCC. The standard InChI is InChI=1S/C67H131NO5/c1-3-5-7-9-11-13-15-17-33-36-39-43-47-51-55-59-65(70)64(63-69)68-66(71)60-56-52-48-44-40-37-34-31-29-27-25-23-21-19-18-20-22-24-26-28-30-32-35-38-42-46-50-54-58-62-73-67(72)61-57-53-49-45-41-16-14-12-10-8-6-4-2/h55,59,64-65,69-70H,3-54,56-58,60-63H2,1-2H3,(H,68,71)/b59-55+. The quantitative estimate of drug-likeness (QED) is 0.0320. The molecule has 3 N–H and O–H groups in total. The van der Waals surface area contributed by atoms with Crippen molar-refractivity contribution in [3.63, 3.8) is 0 Å². The van der Waals surface area contributed by atoms with Gasteiger partial charge in [0.2, 0.25) is 5.91 Å². The highest BCUT2D eigenvalue weighted by molar-refractivity contribution is 5.76. The number of carbonyl (C=O) groups excluding carboxylic acids is 2. The Kier molecular flexibility index (Phi) is 61.9. The summed E-state index contributed by atoms with van der Waals surface area (Å²) in [5, 5.41) is 23.2. The molecule has 0 aromatic heterocycles. The molecule has 73 heavy (non-hydrogen) atoms. The molecule has 1 amide bonds. The number of aliphatic hydroxyl groups excluding tert-OH is 2. The third-order valence-electron chi connectivity index (χ3n) is 15.8. The number of allylic oxidation sites excluding steroid dienone is 1. The Morgan fingerprint density at radius 3 is 0.932 bits per heavy atom. The van der Waals surface area contributed by atoms with Gasteiger partial charge in [-0.05, 0) is 32.1 Å². The van der Waals surface area contributed by atoms with Gasteiger partial charge in [-0.1, -0.05) is 347 Å².